The average molecular weight is 449 g/mol. The summed E-state index contributed by atoms with van der Waals surface area (Å²) in [6, 6.07) is 6.68. The van der Waals surface area contributed by atoms with Crippen molar-refractivity contribution < 1.29 is 27.2 Å². The summed E-state index contributed by atoms with van der Waals surface area (Å²) in [4.78, 5) is 28.3. The van der Waals surface area contributed by atoms with E-state index in [9.17, 15) is 27.2 Å². The van der Waals surface area contributed by atoms with Crippen LogP contribution in [0, 0.1) is 29.2 Å². The third-order valence-corrected chi connectivity index (χ3v) is 5.98. The highest BCUT2D eigenvalue weighted by molar-refractivity contribution is 6.00. The molecule has 0 radical (unpaired) electrons. The molecular weight excluding hydrogens is 426 g/mol. The molecule has 9 heteroatoms. The van der Waals surface area contributed by atoms with Gasteiger partial charge in [-0.25, -0.2) is 17.6 Å². The first-order valence-corrected chi connectivity index (χ1v) is 10.5. The fourth-order valence-electron chi connectivity index (χ4n) is 4.28. The molecule has 4 rings (SSSR count). The van der Waals surface area contributed by atoms with Gasteiger partial charge in [0.25, 0.3) is 0 Å². The number of halogens is 4. The van der Waals surface area contributed by atoms with Gasteiger partial charge >= 0.3 is 0 Å². The number of carbonyl (C=O) groups is 2. The minimum Gasteiger partial charge on any atom is -0.353 e. The van der Waals surface area contributed by atoms with Gasteiger partial charge in [-0.2, -0.15) is 0 Å². The van der Waals surface area contributed by atoms with Gasteiger partial charge in [0.1, 0.15) is 11.6 Å². The zero-order valence-electron chi connectivity index (χ0n) is 17.3. The Morgan fingerprint density at radius 1 is 0.969 bits per heavy atom. The number of benzene rings is 2. The SMILES string of the molecule is O=C(NC1CCN(Cc2ccc(F)c(F)c2)CC1)C1CC(=O)N(c2cc(F)cc(F)c2)C1. The quantitative estimate of drug-likeness (QED) is 0.713. The standard InChI is InChI=1S/C23H23F4N3O2/c24-16-9-17(25)11-19(10-16)30-13-15(8-22(30)31)23(32)28-18-3-5-29(6-4-18)12-14-1-2-20(26)21(27)7-14/h1-2,7,9-11,15,18H,3-6,8,12-13H2,(H,28,32). The topological polar surface area (TPSA) is 52.7 Å². The van der Waals surface area contributed by atoms with Gasteiger partial charge in [-0.3, -0.25) is 14.5 Å². The van der Waals surface area contributed by atoms with Gasteiger partial charge in [0.15, 0.2) is 11.6 Å². The first kappa shape index (κ1) is 22.3. The lowest BCUT2D eigenvalue weighted by Crippen LogP contribution is -2.46. The molecule has 5 nitrogen and oxygen atoms in total. The Kier molecular flexibility index (Phi) is 6.45. The lowest BCUT2D eigenvalue weighted by atomic mass is 10.0. The van der Waals surface area contributed by atoms with Crippen LogP contribution in [-0.4, -0.2) is 42.4 Å². The largest absolute Gasteiger partial charge is 0.353 e. The molecular formula is C23H23F4N3O2. The molecule has 2 fully saturated rings. The smallest absolute Gasteiger partial charge is 0.227 e. The lowest BCUT2D eigenvalue weighted by Gasteiger charge is -2.32. The van der Waals surface area contributed by atoms with E-state index in [4.69, 9.17) is 0 Å². The zero-order valence-corrected chi connectivity index (χ0v) is 17.3. The second kappa shape index (κ2) is 9.28. The Hall–Kier alpha value is -2.94. The van der Waals surface area contributed by atoms with E-state index in [1.807, 2.05) is 0 Å². The van der Waals surface area contributed by atoms with Gasteiger partial charge in [0.2, 0.25) is 11.8 Å². The summed E-state index contributed by atoms with van der Waals surface area (Å²) < 4.78 is 53.4. The molecule has 32 heavy (non-hydrogen) atoms. The van der Waals surface area contributed by atoms with Crippen LogP contribution in [0.5, 0.6) is 0 Å². The first-order chi connectivity index (χ1) is 15.3. The summed E-state index contributed by atoms with van der Waals surface area (Å²) >= 11 is 0. The highest BCUT2D eigenvalue weighted by atomic mass is 19.2. The summed E-state index contributed by atoms with van der Waals surface area (Å²) in [6.07, 6.45) is 1.36. The number of rotatable bonds is 5. The fourth-order valence-corrected chi connectivity index (χ4v) is 4.28. The molecule has 0 aliphatic carbocycles. The molecule has 2 amide bonds. The summed E-state index contributed by atoms with van der Waals surface area (Å²) in [5.74, 6) is -4.50. The molecule has 2 aromatic carbocycles. The van der Waals surface area contributed by atoms with Crippen molar-refractivity contribution in [1.29, 1.82) is 0 Å². The number of nitrogens with zero attached hydrogens (tertiary/aromatic N) is 2. The van der Waals surface area contributed by atoms with Gasteiger partial charge in [0, 0.05) is 50.4 Å². The van der Waals surface area contributed by atoms with Gasteiger partial charge in [-0.1, -0.05) is 6.07 Å². The minimum absolute atomic E-state index is 0.0149. The van der Waals surface area contributed by atoms with Gasteiger partial charge in [0.05, 0.1) is 5.92 Å². The highest BCUT2D eigenvalue weighted by Crippen LogP contribution is 2.27. The van der Waals surface area contributed by atoms with Crippen LogP contribution in [0.3, 0.4) is 0 Å². The highest BCUT2D eigenvalue weighted by Gasteiger charge is 2.36. The molecule has 2 aliphatic rings. The molecule has 1 unspecified atom stereocenters. The Balaban J connectivity index is 1.27. The molecule has 0 aromatic heterocycles. The molecule has 2 aromatic rings. The van der Waals surface area contributed by atoms with E-state index in [0.29, 0.717) is 38.0 Å². The van der Waals surface area contributed by atoms with E-state index in [1.54, 1.807) is 6.07 Å². The van der Waals surface area contributed by atoms with E-state index >= 15 is 0 Å². The maximum atomic E-state index is 13.5. The van der Waals surface area contributed by atoms with Crippen LogP contribution in [0.4, 0.5) is 23.2 Å². The van der Waals surface area contributed by atoms with Crippen molar-refractivity contribution in [3.8, 4) is 0 Å². The predicted molar refractivity (Wildman–Crippen MR) is 110 cm³/mol. The number of amides is 2. The molecule has 1 N–H and O–H groups in total. The third-order valence-electron chi connectivity index (χ3n) is 5.98. The maximum Gasteiger partial charge on any atom is 0.227 e. The van der Waals surface area contributed by atoms with Crippen LogP contribution in [0.1, 0.15) is 24.8 Å². The zero-order chi connectivity index (χ0) is 22.8. The van der Waals surface area contributed by atoms with Gasteiger partial charge in [-0.05, 0) is 42.7 Å². The van der Waals surface area contributed by atoms with Crippen LogP contribution in [-0.2, 0) is 16.1 Å². The summed E-state index contributed by atoms with van der Waals surface area (Å²) in [7, 11) is 0. The molecule has 170 valence electrons. The van der Waals surface area contributed by atoms with Crippen LogP contribution < -0.4 is 10.2 Å². The Morgan fingerprint density at radius 3 is 2.31 bits per heavy atom. The van der Waals surface area contributed by atoms with Crippen molar-refractivity contribution in [1.82, 2.24) is 10.2 Å². The first-order valence-electron chi connectivity index (χ1n) is 10.5. The van der Waals surface area contributed by atoms with Gasteiger partial charge < -0.3 is 10.2 Å². The predicted octanol–water partition coefficient (Wildman–Crippen LogP) is 3.38. The molecule has 0 spiro atoms. The van der Waals surface area contributed by atoms with E-state index in [1.165, 1.54) is 11.0 Å². The van der Waals surface area contributed by atoms with E-state index in [-0.39, 0.29) is 36.5 Å². The monoisotopic (exact) mass is 449 g/mol. The number of carbonyl (C=O) groups excluding carboxylic acids is 2. The Labute approximate surface area is 183 Å². The molecule has 1 atom stereocenters. The van der Waals surface area contributed by atoms with Crippen molar-refractivity contribution in [2.45, 2.75) is 31.8 Å². The molecule has 2 aliphatic heterocycles. The number of hydrogen-bond donors (Lipinski definition) is 1. The normalized spacial score (nSPS) is 20.1. The van der Waals surface area contributed by atoms with E-state index in [0.717, 1.165) is 24.3 Å². The number of anilines is 1. The van der Waals surface area contributed by atoms with E-state index in [2.05, 4.69) is 10.2 Å². The van der Waals surface area contributed by atoms with Crippen molar-refractivity contribution in [2.24, 2.45) is 5.92 Å². The second-order valence-corrected chi connectivity index (χ2v) is 8.34. The van der Waals surface area contributed by atoms with Gasteiger partial charge in [-0.15, -0.1) is 0 Å². The van der Waals surface area contributed by atoms with Crippen LogP contribution in [0.15, 0.2) is 36.4 Å². The van der Waals surface area contributed by atoms with Crippen LogP contribution >= 0.6 is 0 Å². The van der Waals surface area contributed by atoms with Crippen molar-refractivity contribution >= 4 is 17.5 Å². The summed E-state index contributed by atoms with van der Waals surface area (Å²) in [5, 5.41) is 2.97. The number of hydrogen-bond acceptors (Lipinski definition) is 3. The third kappa shape index (κ3) is 5.09. The minimum atomic E-state index is -0.873. The summed E-state index contributed by atoms with van der Waals surface area (Å²) in [5.41, 5.74) is 0.790. The van der Waals surface area contributed by atoms with E-state index < -0.39 is 29.2 Å². The van der Waals surface area contributed by atoms with Crippen LogP contribution in [0.25, 0.3) is 0 Å². The number of nitrogens with one attached hydrogen (secondary N) is 1. The number of likely N-dealkylation sites (tertiary alicyclic amines) is 1. The molecule has 0 bridgehead atoms. The van der Waals surface area contributed by atoms with Crippen molar-refractivity contribution in [2.75, 3.05) is 24.5 Å². The molecule has 0 saturated carbocycles. The Morgan fingerprint density at radius 2 is 1.66 bits per heavy atom. The average Bonchev–Trinajstić information content (AvgIpc) is 3.13. The van der Waals surface area contributed by atoms with Crippen molar-refractivity contribution in [3.63, 3.8) is 0 Å². The molecule has 2 saturated heterocycles. The number of piperidine rings is 1. The lowest BCUT2D eigenvalue weighted by molar-refractivity contribution is -0.127. The Bertz CT molecular complexity index is 1000. The van der Waals surface area contributed by atoms with Crippen molar-refractivity contribution in [3.05, 3.63) is 65.2 Å². The summed E-state index contributed by atoms with van der Waals surface area (Å²) in [6.45, 7) is 1.93. The molecule has 2 heterocycles. The maximum absolute atomic E-state index is 13.5. The fraction of sp³-hybridized carbons (Fsp3) is 0.391. The second-order valence-electron chi connectivity index (χ2n) is 8.34. The van der Waals surface area contributed by atoms with Crippen LogP contribution in [0.2, 0.25) is 0 Å².